The summed E-state index contributed by atoms with van der Waals surface area (Å²) in [5.41, 5.74) is 4.03. The first-order chi connectivity index (χ1) is 7.24. The molecule has 3 heteroatoms. The molecule has 1 aromatic carbocycles. The maximum atomic E-state index is 5.56. The first-order valence-corrected chi connectivity index (χ1v) is 4.87. The molecule has 0 unspecified atom stereocenters. The summed E-state index contributed by atoms with van der Waals surface area (Å²) in [5, 5.41) is 0. The van der Waals surface area contributed by atoms with E-state index in [0.29, 0.717) is 5.46 Å². The highest BCUT2D eigenvalue weighted by molar-refractivity contribution is 6.66. The quantitative estimate of drug-likeness (QED) is 0.599. The van der Waals surface area contributed by atoms with Crippen LogP contribution in [0.15, 0.2) is 42.6 Å². The second kappa shape index (κ2) is 4.35. The molecule has 2 rings (SSSR count). The van der Waals surface area contributed by atoms with E-state index in [-0.39, 0.29) is 0 Å². The Bertz CT molecular complexity index is 391. The molecule has 2 aromatic rings. The largest absolute Gasteiger partial charge is 0.272 e. The molecular weight excluding hydrogens is 180 g/mol. The summed E-state index contributed by atoms with van der Waals surface area (Å²) >= 11 is 0. The SMILES string of the molecule is [B]c1ccc([B]c2ccc(C)cc2)nc1. The monoisotopic (exact) mass is 190 g/mol. The van der Waals surface area contributed by atoms with Crippen molar-refractivity contribution in [2.75, 3.05) is 0 Å². The molecule has 0 atom stereocenters. The standard InChI is InChI=1S/C12H10B2N/c1-9-2-5-11(6-3-9)14-12-7-4-10(13)8-15-12/h2-8H,1H3. The van der Waals surface area contributed by atoms with Crippen molar-refractivity contribution in [3.05, 3.63) is 48.2 Å². The number of hydrogen-bond donors (Lipinski definition) is 0. The lowest BCUT2D eigenvalue weighted by Crippen LogP contribution is -2.30. The zero-order valence-corrected chi connectivity index (χ0v) is 8.64. The number of aryl methyl sites for hydroxylation is 1. The fraction of sp³-hybridized carbons (Fsp3) is 0.0833. The smallest absolute Gasteiger partial charge is 0.216 e. The topological polar surface area (TPSA) is 12.9 Å². The molecule has 0 spiro atoms. The molecule has 0 aliphatic heterocycles. The fourth-order valence-corrected chi connectivity index (χ4v) is 1.34. The van der Waals surface area contributed by atoms with Crippen LogP contribution in [0.2, 0.25) is 0 Å². The molecule has 0 saturated carbocycles. The van der Waals surface area contributed by atoms with Gasteiger partial charge in [0.1, 0.15) is 7.85 Å². The van der Waals surface area contributed by atoms with Crippen molar-refractivity contribution in [3.8, 4) is 0 Å². The van der Waals surface area contributed by atoms with Gasteiger partial charge in [0.2, 0.25) is 7.28 Å². The summed E-state index contributed by atoms with van der Waals surface area (Å²) in [6.07, 6.45) is 1.67. The number of nitrogens with zero attached hydrogens (tertiary/aromatic N) is 1. The third kappa shape index (κ3) is 2.72. The highest BCUT2D eigenvalue weighted by Crippen LogP contribution is 1.91. The predicted molar refractivity (Wildman–Crippen MR) is 65.8 cm³/mol. The van der Waals surface area contributed by atoms with Gasteiger partial charge in [0.05, 0.1) is 0 Å². The number of benzene rings is 1. The van der Waals surface area contributed by atoms with Crippen molar-refractivity contribution in [3.63, 3.8) is 0 Å². The van der Waals surface area contributed by atoms with Gasteiger partial charge in [-0.3, -0.25) is 4.98 Å². The third-order valence-corrected chi connectivity index (χ3v) is 2.20. The van der Waals surface area contributed by atoms with Crippen molar-refractivity contribution in [2.24, 2.45) is 0 Å². The Morgan fingerprint density at radius 1 is 1.07 bits per heavy atom. The molecule has 0 N–H and O–H groups in total. The highest BCUT2D eigenvalue weighted by Gasteiger charge is 1.99. The number of hydrogen-bond acceptors (Lipinski definition) is 1. The Morgan fingerprint density at radius 3 is 2.40 bits per heavy atom. The third-order valence-electron chi connectivity index (χ3n) is 2.20. The lowest BCUT2D eigenvalue weighted by atomic mass is 9.66. The van der Waals surface area contributed by atoms with E-state index in [2.05, 4.69) is 36.2 Å². The van der Waals surface area contributed by atoms with E-state index in [4.69, 9.17) is 7.85 Å². The lowest BCUT2D eigenvalue weighted by molar-refractivity contribution is 1.41. The van der Waals surface area contributed by atoms with Gasteiger partial charge in [-0.15, -0.1) is 0 Å². The van der Waals surface area contributed by atoms with Gasteiger partial charge in [-0.05, 0) is 6.92 Å². The Morgan fingerprint density at radius 2 is 1.80 bits per heavy atom. The summed E-state index contributed by atoms with van der Waals surface area (Å²) < 4.78 is 0. The normalized spacial score (nSPS) is 9.93. The minimum absolute atomic E-state index is 0.691. The predicted octanol–water partition coefficient (Wildman–Crippen LogP) is -0.161. The van der Waals surface area contributed by atoms with Gasteiger partial charge in [-0.1, -0.05) is 52.9 Å². The minimum atomic E-state index is 0.691. The van der Waals surface area contributed by atoms with Gasteiger partial charge in [0, 0.05) is 11.8 Å². The molecule has 0 saturated heterocycles. The first-order valence-electron chi connectivity index (χ1n) is 4.87. The average Bonchev–Trinajstić information content (AvgIpc) is 2.25. The van der Waals surface area contributed by atoms with E-state index < -0.39 is 0 Å². The van der Waals surface area contributed by atoms with Crippen LogP contribution in [0.1, 0.15) is 5.56 Å². The Labute approximate surface area is 92.2 Å². The van der Waals surface area contributed by atoms with Crippen molar-refractivity contribution in [1.82, 2.24) is 4.98 Å². The summed E-state index contributed by atoms with van der Waals surface area (Å²) in [6.45, 7) is 2.07. The lowest BCUT2D eigenvalue weighted by Gasteiger charge is -2.00. The molecule has 0 bridgehead atoms. The average molecular weight is 190 g/mol. The number of rotatable bonds is 2. The Kier molecular flexibility index (Phi) is 2.91. The van der Waals surface area contributed by atoms with E-state index in [0.717, 1.165) is 11.1 Å². The Balaban J connectivity index is 2.15. The molecule has 3 radical (unpaired) electrons. The van der Waals surface area contributed by atoms with Crippen molar-refractivity contribution < 1.29 is 0 Å². The van der Waals surface area contributed by atoms with Crippen LogP contribution in [0.25, 0.3) is 0 Å². The number of aromatic nitrogens is 1. The zero-order chi connectivity index (χ0) is 10.7. The van der Waals surface area contributed by atoms with Gasteiger partial charge in [-0.25, -0.2) is 0 Å². The molecule has 0 fully saturated rings. The molecule has 69 valence electrons. The fourth-order valence-electron chi connectivity index (χ4n) is 1.34. The van der Waals surface area contributed by atoms with Crippen molar-refractivity contribution in [1.29, 1.82) is 0 Å². The molecule has 0 aliphatic rings. The second-order valence-electron chi connectivity index (χ2n) is 3.57. The van der Waals surface area contributed by atoms with Crippen LogP contribution >= 0.6 is 0 Å². The molecule has 1 nitrogen and oxygen atoms in total. The van der Waals surface area contributed by atoms with Gasteiger partial charge < -0.3 is 0 Å². The molecule has 15 heavy (non-hydrogen) atoms. The minimum Gasteiger partial charge on any atom is -0.272 e. The summed E-state index contributed by atoms with van der Waals surface area (Å²) in [6, 6.07) is 12.1. The summed E-state index contributed by atoms with van der Waals surface area (Å²) in [5.74, 6) is 0. The second-order valence-corrected chi connectivity index (χ2v) is 3.57. The molecule has 1 heterocycles. The number of pyridine rings is 1. The maximum Gasteiger partial charge on any atom is 0.216 e. The van der Waals surface area contributed by atoms with Crippen molar-refractivity contribution >= 4 is 31.6 Å². The molecule has 1 aromatic heterocycles. The molecule has 0 amide bonds. The highest BCUT2D eigenvalue weighted by atomic mass is 14.6. The van der Waals surface area contributed by atoms with Crippen LogP contribution in [0.4, 0.5) is 0 Å². The Hall–Kier alpha value is -1.50. The van der Waals surface area contributed by atoms with E-state index in [1.807, 2.05) is 19.4 Å². The van der Waals surface area contributed by atoms with E-state index in [1.165, 1.54) is 5.56 Å². The van der Waals surface area contributed by atoms with Crippen LogP contribution in [0.5, 0.6) is 0 Å². The first kappa shape index (κ1) is 10.0. The summed E-state index contributed by atoms with van der Waals surface area (Å²) in [4.78, 5) is 4.22. The zero-order valence-electron chi connectivity index (χ0n) is 8.64. The van der Waals surface area contributed by atoms with Crippen LogP contribution in [-0.4, -0.2) is 20.1 Å². The van der Waals surface area contributed by atoms with Crippen LogP contribution in [-0.2, 0) is 0 Å². The van der Waals surface area contributed by atoms with Gasteiger partial charge in [-0.2, -0.15) is 0 Å². The van der Waals surface area contributed by atoms with E-state index in [1.54, 1.807) is 6.20 Å². The van der Waals surface area contributed by atoms with Crippen LogP contribution < -0.4 is 16.5 Å². The van der Waals surface area contributed by atoms with Crippen molar-refractivity contribution in [2.45, 2.75) is 6.92 Å². The summed E-state index contributed by atoms with van der Waals surface area (Å²) in [7, 11) is 7.59. The van der Waals surface area contributed by atoms with Gasteiger partial charge in [0.25, 0.3) is 0 Å². The van der Waals surface area contributed by atoms with Crippen LogP contribution in [0.3, 0.4) is 0 Å². The van der Waals surface area contributed by atoms with Gasteiger partial charge >= 0.3 is 0 Å². The van der Waals surface area contributed by atoms with E-state index in [9.17, 15) is 0 Å². The van der Waals surface area contributed by atoms with Gasteiger partial charge in [0.15, 0.2) is 0 Å². The van der Waals surface area contributed by atoms with E-state index >= 15 is 0 Å². The van der Waals surface area contributed by atoms with Crippen LogP contribution in [0, 0.1) is 6.92 Å². The molecular formula is C12H10B2N. The maximum absolute atomic E-state index is 5.56. The molecule has 0 aliphatic carbocycles.